The second kappa shape index (κ2) is 15.8. The molecule has 0 aromatic heterocycles. The zero-order valence-electron chi connectivity index (χ0n) is 33.9. The summed E-state index contributed by atoms with van der Waals surface area (Å²) in [6.45, 7) is 17.8. The molecule has 3 nitrogen and oxygen atoms in total. The number of nitrogens with zero attached hydrogens (tertiary/aromatic N) is 3. The Morgan fingerprint density at radius 1 is 0.339 bits per heavy atom. The molecule has 0 aliphatic heterocycles. The van der Waals surface area contributed by atoms with Gasteiger partial charge in [0.1, 0.15) is 0 Å². The first-order valence-electron chi connectivity index (χ1n) is 19.5. The van der Waals surface area contributed by atoms with Crippen molar-refractivity contribution in [1.29, 1.82) is 0 Å². The van der Waals surface area contributed by atoms with E-state index in [9.17, 15) is 0 Å². The molecule has 7 aromatic rings. The van der Waals surface area contributed by atoms with Gasteiger partial charge in [-0.15, -0.1) is 0 Å². The van der Waals surface area contributed by atoms with E-state index in [0.29, 0.717) is 5.02 Å². The molecule has 4 heteroatoms. The molecule has 0 saturated heterocycles. The fraction of sp³-hybridized carbons (Fsp3) is 0.192. The van der Waals surface area contributed by atoms with Crippen LogP contribution in [0.2, 0.25) is 5.02 Å². The molecular weight excluding hydrogens is 702 g/mol. The predicted octanol–water partition coefficient (Wildman–Crippen LogP) is 16.0. The van der Waals surface area contributed by atoms with Gasteiger partial charge in [-0.1, -0.05) is 149 Å². The van der Waals surface area contributed by atoms with Crippen LogP contribution in [-0.4, -0.2) is 0 Å². The molecule has 0 fully saturated rings. The smallest absolute Gasteiger partial charge is 0.0888 e. The summed E-state index contributed by atoms with van der Waals surface area (Å²) in [5.74, 6) is 0. The minimum Gasteiger partial charge on any atom is -0.310 e. The number of hydrogen-bond acceptors (Lipinski definition) is 3. The number of benzene rings is 7. The van der Waals surface area contributed by atoms with E-state index >= 15 is 0 Å². The van der Waals surface area contributed by atoms with E-state index in [4.69, 9.17) is 11.6 Å². The van der Waals surface area contributed by atoms with E-state index in [1.54, 1.807) is 0 Å². The number of para-hydroxylation sites is 2. The molecule has 0 bridgehead atoms. The molecule has 0 unspecified atom stereocenters. The largest absolute Gasteiger partial charge is 0.310 e. The van der Waals surface area contributed by atoms with Gasteiger partial charge in [-0.05, 0) is 121 Å². The first-order chi connectivity index (χ1) is 26.8. The third-order valence-corrected chi connectivity index (χ3v) is 10.7. The Morgan fingerprint density at radius 2 is 0.625 bits per heavy atom. The van der Waals surface area contributed by atoms with Gasteiger partial charge in [0.15, 0.2) is 0 Å². The molecule has 0 saturated carbocycles. The van der Waals surface area contributed by atoms with Crippen molar-refractivity contribution in [1.82, 2.24) is 0 Å². The van der Waals surface area contributed by atoms with E-state index in [-0.39, 0.29) is 10.8 Å². The quantitative estimate of drug-likeness (QED) is 0.145. The van der Waals surface area contributed by atoms with E-state index in [2.05, 4.69) is 240 Å². The van der Waals surface area contributed by atoms with Gasteiger partial charge in [0.2, 0.25) is 0 Å². The van der Waals surface area contributed by atoms with Crippen molar-refractivity contribution >= 4 is 62.8 Å². The van der Waals surface area contributed by atoms with Crippen LogP contribution in [0.4, 0.5) is 51.2 Å². The number of rotatable bonds is 9. The number of halogens is 1. The second-order valence-corrected chi connectivity index (χ2v) is 17.1. The van der Waals surface area contributed by atoms with Crippen LogP contribution in [0.5, 0.6) is 0 Å². The van der Waals surface area contributed by atoms with Gasteiger partial charge >= 0.3 is 0 Å². The lowest BCUT2D eigenvalue weighted by molar-refractivity contribution is 0.590. The summed E-state index contributed by atoms with van der Waals surface area (Å²) in [6.07, 6.45) is 0. The van der Waals surface area contributed by atoms with Crippen LogP contribution >= 0.6 is 11.6 Å². The van der Waals surface area contributed by atoms with Gasteiger partial charge < -0.3 is 14.7 Å². The normalized spacial score (nSPS) is 11.7. The lowest BCUT2D eigenvalue weighted by Crippen LogP contribution is -2.18. The highest BCUT2D eigenvalue weighted by molar-refractivity contribution is 6.37. The van der Waals surface area contributed by atoms with Crippen molar-refractivity contribution in [2.75, 3.05) is 14.7 Å². The molecule has 0 aliphatic rings. The van der Waals surface area contributed by atoms with Gasteiger partial charge in [0, 0.05) is 34.1 Å². The van der Waals surface area contributed by atoms with Crippen molar-refractivity contribution in [3.8, 4) is 0 Å². The third kappa shape index (κ3) is 8.25. The summed E-state index contributed by atoms with van der Waals surface area (Å²) < 4.78 is 0. The molecule has 0 amide bonds. The SMILES string of the molecule is Cc1ccc(N(c2ccc(C(C)(C)C)cc2)c2cc(N(c3ccccc3)c3ccccc3)cc(N(c3ccc(C)cc3)c3ccc(C(C)(C)C)cc3)c2Cl)cc1. The van der Waals surface area contributed by atoms with Crippen LogP contribution < -0.4 is 14.7 Å². The third-order valence-electron chi connectivity index (χ3n) is 10.4. The van der Waals surface area contributed by atoms with Crippen molar-refractivity contribution < 1.29 is 0 Å². The topological polar surface area (TPSA) is 9.72 Å². The Labute approximate surface area is 339 Å². The van der Waals surface area contributed by atoms with Crippen molar-refractivity contribution in [3.05, 3.63) is 197 Å². The lowest BCUT2D eigenvalue weighted by atomic mass is 9.87. The summed E-state index contributed by atoms with van der Waals surface area (Å²) in [5.41, 5.74) is 13.9. The maximum absolute atomic E-state index is 7.93. The molecule has 0 atom stereocenters. The van der Waals surface area contributed by atoms with Gasteiger partial charge in [-0.3, -0.25) is 0 Å². The summed E-state index contributed by atoms with van der Waals surface area (Å²) in [7, 11) is 0. The molecule has 0 N–H and O–H groups in total. The van der Waals surface area contributed by atoms with Gasteiger partial charge in [0.25, 0.3) is 0 Å². The van der Waals surface area contributed by atoms with Crippen LogP contribution in [0.15, 0.2) is 170 Å². The first-order valence-corrected chi connectivity index (χ1v) is 19.8. The molecular formula is C52H52ClN3. The van der Waals surface area contributed by atoms with Crippen molar-refractivity contribution in [2.24, 2.45) is 0 Å². The van der Waals surface area contributed by atoms with Crippen molar-refractivity contribution in [3.63, 3.8) is 0 Å². The summed E-state index contributed by atoms with van der Waals surface area (Å²) in [4.78, 5) is 6.91. The average molecular weight is 754 g/mol. The van der Waals surface area contributed by atoms with Crippen LogP contribution in [0.1, 0.15) is 63.8 Å². The Kier molecular flexibility index (Phi) is 10.8. The molecule has 0 aliphatic carbocycles. The minimum absolute atomic E-state index is 0.0148. The molecule has 7 rings (SSSR count). The highest BCUT2D eigenvalue weighted by Gasteiger charge is 2.27. The Hall–Kier alpha value is -5.77. The van der Waals surface area contributed by atoms with Crippen LogP contribution in [0.3, 0.4) is 0 Å². The van der Waals surface area contributed by atoms with E-state index in [1.807, 2.05) is 0 Å². The zero-order valence-corrected chi connectivity index (χ0v) is 34.6. The monoisotopic (exact) mass is 753 g/mol. The van der Waals surface area contributed by atoms with Crippen LogP contribution in [0, 0.1) is 13.8 Å². The van der Waals surface area contributed by atoms with Gasteiger partial charge in [-0.25, -0.2) is 0 Å². The number of hydrogen-bond donors (Lipinski definition) is 0. The summed E-state index contributed by atoms with van der Waals surface area (Å²) >= 11 is 7.93. The minimum atomic E-state index is 0.0148. The molecule has 0 spiro atoms. The molecule has 282 valence electrons. The van der Waals surface area contributed by atoms with E-state index in [1.165, 1.54) is 22.3 Å². The zero-order chi connectivity index (χ0) is 39.6. The van der Waals surface area contributed by atoms with Crippen LogP contribution in [0.25, 0.3) is 0 Å². The van der Waals surface area contributed by atoms with Gasteiger partial charge in [-0.2, -0.15) is 0 Å². The summed E-state index contributed by atoms with van der Waals surface area (Å²) in [5, 5.41) is 0.635. The molecule has 7 aromatic carbocycles. The fourth-order valence-electron chi connectivity index (χ4n) is 7.10. The maximum atomic E-state index is 7.93. The Balaban J connectivity index is 1.56. The molecule has 56 heavy (non-hydrogen) atoms. The Morgan fingerprint density at radius 3 is 0.929 bits per heavy atom. The standard InChI is InChI=1S/C52H52ClN3/c1-37-19-27-43(28-20-37)55(45-31-23-39(24-32-45)51(3,4)5)48-35-47(54(41-15-11-9-12-16-41)42-17-13-10-14-18-42)36-49(50(48)53)56(44-29-21-38(2)22-30-44)46-33-25-40(26-34-46)52(6,7)8/h9-36H,1-8H3. The average Bonchev–Trinajstić information content (AvgIpc) is 3.19. The van der Waals surface area contributed by atoms with E-state index < -0.39 is 0 Å². The molecule has 0 radical (unpaired) electrons. The first kappa shape index (κ1) is 38.5. The van der Waals surface area contributed by atoms with Crippen LogP contribution in [-0.2, 0) is 10.8 Å². The lowest BCUT2D eigenvalue weighted by Gasteiger charge is -2.34. The van der Waals surface area contributed by atoms with E-state index in [0.717, 1.165) is 51.2 Å². The number of anilines is 9. The van der Waals surface area contributed by atoms with Crippen molar-refractivity contribution in [2.45, 2.75) is 66.2 Å². The summed E-state index contributed by atoms with van der Waals surface area (Å²) in [6, 6.07) is 60.9. The van der Waals surface area contributed by atoms with Gasteiger partial charge in [0.05, 0.1) is 22.1 Å². The highest BCUT2D eigenvalue weighted by Crippen LogP contribution is 2.51. The second-order valence-electron chi connectivity index (χ2n) is 16.7. The Bertz CT molecular complexity index is 2200. The predicted molar refractivity (Wildman–Crippen MR) is 242 cm³/mol. The maximum Gasteiger partial charge on any atom is 0.0888 e. The molecule has 0 heterocycles. The highest BCUT2D eigenvalue weighted by atomic mass is 35.5. The number of aryl methyl sites for hydroxylation is 2. The fourth-order valence-corrected chi connectivity index (χ4v) is 7.38.